The Kier molecular flexibility index (Phi) is 7.11. The summed E-state index contributed by atoms with van der Waals surface area (Å²) in [5, 5.41) is 20.8. The van der Waals surface area contributed by atoms with Gasteiger partial charge in [0.25, 0.3) is 6.01 Å². The molecule has 0 spiro atoms. The molecule has 1 aromatic carbocycles. The maximum Gasteiger partial charge on any atom is 0.490 e. The van der Waals surface area contributed by atoms with Crippen molar-refractivity contribution in [1.29, 1.82) is 0 Å². The summed E-state index contributed by atoms with van der Waals surface area (Å²) in [6.45, 7) is 6.05. The van der Waals surface area contributed by atoms with Crippen molar-refractivity contribution in [3.05, 3.63) is 35.4 Å². The van der Waals surface area contributed by atoms with Crippen LogP contribution in [-0.2, 0) is 4.79 Å². The van der Waals surface area contributed by atoms with Gasteiger partial charge < -0.3 is 24.8 Å². The zero-order chi connectivity index (χ0) is 24.3. The molecule has 1 aliphatic heterocycles. The molecule has 0 aliphatic carbocycles. The van der Waals surface area contributed by atoms with Crippen molar-refractivity contribution in [2.75, 3.05) is 25.5 Å². The van der Waals surface area contributed by atoms with Crippen LogP contribution in [0.4, 0.5) is 19.2 Å². The van der Waals surface area contributed by atoms with Crippen molar-refractivity contribution in [2.45, 2.75) is 38.9 Å². The molecule has 2 aromatic heterocycles. The van der Waals surface area contributed by atoms with Crippen molar-refractivity contribution in [1.82, 2.24) is 14.9 Å². The van der Waals surface area contributed by atoms with Crippen LogP contribution in [0.2, 0.25) is 0 Å². The molecule has 0 bridgehead atoms. The van der Waals surface area contributed by atoms with Crippen molar-refractivity contribution < 1.29 is 32.6 Å². The maximum absolute atomic E-state index is 10.6. The van der Waals surface area contributed by atoms with Crippen LogP contribution < -0.4 is 5.32 Å². The van der Waals surface area contributed by atoms with E-state index in [1.165, 1.54) is 6.42 Å². The lowest BCUT2D eigenvalue weighted by Gasteiger charge is -2.29. The second kappa shape index (κ2) is 9.65. The number of halogens is 3. The highest BCUT2D eigenvalue weighted by atomic mass is 19.4. The van der Waals surface area contributed by atoms with E-state index in [4.69, 9.17) is 14.3 Å². The molecule has 0 unspecified atom stereocenters. The molecule has 0 amide bonds. The molecular weight excluding hydrogens is 441 g/mol. The molecule has 0 saturated carbocycles. The number of hydrogen-bond acceptors (Lipinski definition) is 7. The van der Waals surface area contributed by atoms with Gasteiger partial charge in [0.05, 0.1) is 5.69 Å². The molecule has 1 saturated heterocycles. The third-order valence-corrected chi connectivity index (χ3v) is 5.16. The van der Waals surface area contributed by atoms with E-state index in [1.54, 1.807) is 6.07 Å². The van der Waals surface area contributed by atoms with Gasteiger partial charge in [-0.2, -0.15) is 18.2 Å². The molecular formula is C22H25F3N4O4. The number of fused-ring (bicyclic) bond motifs is 1. The van der Waals surface area contributed by atoms with Crippen LogP contribution in [0.3, 0.4) is 0 Å². The fourth-order valence-electron chi connectivity index (χ4n) is 3.76. The van der Waals surface area contributed by atoms with Gasteiger partial charge in [-0.25, -0.2) is 9.78 Å². The Balaban J connectivity index is 0.000000383. The van der Waals surface area contributed by atoms with E-state index < -0.39 is 12.1 Å². The number of aliphatic carboxylic acids is 1. The Morgan fingerprint density at radius 3 is 2.55 bits per heavy atom. The average Bonchev–Trinajstić information content (AvgIpc) is 3.08. The average molecular weight is 466 g/mol. The summed E-state index contributed by atoms with van der Waals surface area (Å²) in [6.07, 6.45) is -2.80. The highest BCUT2D eigenvalue weighted by molar-refractivity contribution is 5.78. The highest BCUT2D eigenvalue weighted by Gasteiger charge is 2.38. The molecule has 1 atom stereocenters. The number of nitrogens with one attached hydrogen (secondary N) is 1. The minimum Gasteiger partial charge on any atom is -0.507 e. The van der Waals surface area contributed by atoms with Gasteiger partial charge in [0, 0.05) is 18.2 Å². The van der Waals surface area contributed by atoms with Crippen LogP contribution in [0.5, 0.6) is 5.75 Å². The number of aromatic nitrogens is 2. The zero-order valence-electron chi connectivity index (χ0n) is 18.4. The van der Waals surface area contributed by atoms with Crippen LogP contribution in [0.25, 0.3) is 22.5 Å². The number of benzene rings is 1. The van der Waals surface area contributed by atoms with E-state index in [-0.39, 0.29) is 5.75 Å². The second-order valence-electron chi connectivity index (χ2n) is 8.06. The summed E-state index contributed by atoms with van der Waals surface area (Å²) in [5.74, 6) is -2.52. The summed E-state index contributed by atoms with van der Waals surface area (Å²) in [7, 11) is 2.13. The first kappa shape index (κ1) is 24.3. The lowest BCUT2D eigenvalue weighted by Crippen LogP contribution is -2.39. The lowest BCUT2D eigenvalue weighted by atomic mass is 10.0. The monoisotopic (exact) mass is 466 g/mol. The van der Waals surface area contributed by atoms with E-state index in [0.29, 0.717) is 29.0 Å². The summed E-state index contributed by atoms with van der Waals surface area (Å²) in [6, 6.07) is 8.37. The number of oxazole rings is 1. The Labute approximate surface area is 188 Å². The summed E-state index contributed by atoms with van der Waals surface area (Å²) >= 11 is 0. The molecule has 178 valence electrons. The number of likely N-dealkylation sites (N-methyl/N-ethyl adjacent to an activating group) is 1. The fraction of sp³-hybridized carbons (Fsp3) is 0.409. The summed E-state index contributed by atoms with van der Waals surface area (Å²) in [5.41, 5.74) is 4.64. The molecule has 11 heteroatoms. The minimum atomic E-state index is -5.08. The molecule has 0 radical (unpaired) electrons. The van der Waals surface area contributed by atoms with Gasteiger partial charge in [-0.3, -0.25) is 0 Å². The van der Waals surface area contributed by atoms with Crippen LogP contribution in [0, 0.1) is 13.8 Å². The number of rotatable bonds is 3. The van der Waals surface area contributed by atoms with Crippen LogP contribution in [0.1, 0.15) is 24.0 Å². The number of phenols is 1. The SMILES string of the molecule is Cc1cc(C)c(-c2ccc3oc(N[C@@H]4CCCN(C)C4)nc3n2)c(O)c1.O=C(O)C(F)(F)F. The number of piperidine rings is 1. The van der Waals surface area contributed by atoms with Crippen LogP contribution in [0.15, 0.2) is 28.7 Å². The van der Waals surface area contributed by atoms with E-state index >= 15 is 0 Å². The zero-order valence-corrected chi connectivity index (χ0v) is 18.4. The standard InChI is InChI=1S/C20H24N4O2.C2HF3O2/c1-12-9-13(2)18(16(25)10-12)15-6-7-17-19(22-15)23-20(26-17)21-14-5-4-8-24(3)11-14;3-2(4,5)1(6)7/h6-7,9-10,14,25H,4-5,8,11H2,1-3H3,(H,21,22,23);(H,6,7)/t14-;/m1./s1. The Bertz CT molecular complexity index is 1120. The number of carboxylic acid groups (broad SMARTS) is 1. The molecule has 3 aromatic rings. The number of anilines is 1. The fourth-order valence-corrected chi connectivity index (χ4v) is 3.76. The quantitative estimate of drug-likeness (QED) is 0.522. The number of likely N-dealkylation sites (tertiary alicyclic amines) is 1. The molecule has 8 nitrogen and oxygen atoms in total. The van der Waals surface area contributed by atoms with Gasteiger partial charge in [0.1, 0.15) is 5.75 Å². The predicted octanol–water partition coefficient (Wildman–Crippen LogP) is 4.35. The smallest absolute Gasteiger partial charge is 0.490 e. The van der Waals surface area contributed by atoms with Gasteiger partial charge in [-0.15, -0.1) is 0 Å². The van der Waals surface area contributed by atoms with Crippen molar-refractivity contribution in [3.63, 3.8) is 0 Å². The molecule has 4 rings (SSSR count). The molecule has 1 fully saturated rings. The van der Waals surface area contributed by atoms with E-state index in [2.05, 4.69) is 27.2 Å². The molecule has 33 heavy (non-hydrogen) atoms. The van der Waals surface area contributed by atoms with Crippen molar-refractivity contribution >= 4 is 23.2 Å². The first-order valence-electron chi connectivity index (χ1n) is 10.3. The number of carbonyl (C=O) groups is 1. The largest absolute Gasteiger partial charge is 0.507 e. The van der Waals surface area contributed by atoms with Crippen molar-refractivity contribution in [3.8, 4) is 17.0 Å². The second-order valence-corrected chi connectivity index (χ2v) is 8.06. The topological polar surface area (TPSA) is 112 Å². The van der Waals surface area contributed by atoms with Crippen molar-refractivity contribution in [2.24, 2.45) is 0 Å². The van der Waals surface area contributed by atoms with Gasteiger partial charge in [-0.1, -0.05) is 6.07 Å². The maximum atomic E-state index is 10.6. The molecule has 3 N–H and O–H groups in total. The normalized spacial score (nSPS) is 16.8. The minimum absolute atomic E-state index is 0.237. The van der Waals surface area contributed by atoms with Gasteiger partial charge in [0.2, 0.25) is 5.65 Å². The number of phenolic OH excluding ortho intramolecular Hbond substituents is 1. The summed E-state index contributed by atoms with van der Waals surface area (Å²) in [4.78, 5) is 20.3. The van der Waals surface area contributed by atoms with E-state index in [0.717, 1.165) is 36.2 Å². The lowest BCUT2D eigenvalue weighted by molar-refractivity contribution is -0.192. The number of alkyl halides is 3. The number of nitrogens with zero attached hydrogens (tertiary/aromatic N) is 3. The predicted molar refractivity (Wildman–Crippen MR) is 116 cm³/mol. The Morgan fingerprint density at radius 2 is 1.94 bits per heavy atom. The highest BCUT2D eigenvalue weighted by Crippen LogP contribution is 2.33. The first-order valence-corrected chi connectivity index (χ1v) is 10.3. The molecule has 1 aliphatic rings. The van der Waals surface area contributed by atoms with E-state index in [9.17, 15) is 18.3 Å². The first-order chi connectivity index (χ1) is 15.4. The number of hydrogen-bond donors (Lipinski definition) is 3. The Hall–Kier alpha value is -3.34. The van der Waals surface area contributed by atoms with Gasteiger partial charge >= 0.3 is 12.1 Å². The Morgan fingerprint density at radius 1 is 1.24 bits per heavy atom. The number of aromatic hydroxyl groups is 1. The summed E-state index contributed by atoms with van der Waals surface area (Å²) < 4.78 is 37.5. The van der Waals surface area contributed by atoms with Crippen LogP contribution in [-0.4, -0.2) is 63.4 Å². The number of aryl methyl sites for hydroxylation is 2. The number of carboxylic acids is 1. The van der Waals surface area contributed by atoms with E-state index in [1.807, 2.05) is 32.0 Å². The third kappa shape index (κ3) is 6.13. The van der Waals surface area contributed by atoms with Crippen LogP contribution >= 0.6 is 0 Å². The third-order valence-electron chi connectivity index (χ3n) is 5.16. The van der Waals surface area contributed by atoms with Gasteiger partial charge in [-0.05, 0) is 69.6 Å². The molecule has 3 heterocycles. The van der Waals surface area contributed by atoms with Gasteiger partial charge in [0.15, 0.2) is 5.58 Å². The number of pyridine rings is 1.